The summed E-state index contributed by atoms with van der Waals surface area (Å²) in [6.45, 7) is 7.89. The third-order valence-corrected chi connectivity index (χ3v) is 6.33. The molecule has 9 nitrogen and oxygen atoms in total. The predicted octanol–water partition coefficient (Wildman–Crippen LogP) is 5.80. The Morgan fingerprint density at radius 3 is 2.59 bits per heavy atom. The molecular formula is C32H34N6O3. The lowest BCUT2D eigenvalue weighted by molar-refractivity contribution is -0.162. The van der Waals surface area contributed by atoms with E-state index in [0.29, 0.717) is 23.4 Å². The minimum absolute atomic E-state index is 0.241. The van der Waals surface area contributed by atoms with Crippen LogP contribution >= 0.6 is 0 Å². The Balaban J connectivity index is 1.75. The van der Waals surface area contributed by atoms with Gasteiger partial charge in [0, 0.05) is 53.3 Å². The number of hydrogen-bond donors (Lipinski definition) is 1. The summed E-state index contributed by atoms with van der Waals surface area (Å²) in [5.41, 5.74) is 4.31. The van der Waals surface area contributed by atoms with Crippen molar-refractivity contribution in [1.29, 1.82) is 5.26 Å². The van der Waals surface area contributed by atoms with Gasteiger partial charge in [0.05, 0.1) is 28.9 Å². The van der Waals surface area contributed by atoms with E-state index in [-0.39, 0.29) is 11.9 Å². The zero-order chi connectivity index (χ0) is 29.7. The number of fused-ring (bicyclic) bond motifs is 1. The van der Waals surface area contributed by atoms with E-state index in [4.69, 9.17) is 9.72 Å². The van der Waals surface area contributed by atoms with Crippen LogP contribution in [-0.2, 0) is 14.3 Å². The summed E-state index contributed by atoms with van der Waals surface area (Å²) in [4.78, 5) is 36.0. The molecular weight excluding hydrogens is 516 g/mol. The monoisotopic (exact) mass is 550 g/mol. The van der Waals surface area contributed by atoms with Crippen molar-refractivity contribution in [1.82, 2.24) is 19.4 Å². The van der Waals surface area contributed by atoms with E-state index in [0.717, 1.165) is 27.6 Å². The van der Waals surface area contributed by atoms with Gasteiger partial charge in [-0.3, -0.25) is 19.1 Å². The Bertz CT molecular complexity index is 1660. The Kier molecular flexibility index (Phi) is 8.65. The van der Waals surface area contributed by atoms with E-state index >= 15 is 0 Å². The fourth-order valence-electron chi connectivity index (χ4n) is 4.16. The highest BCUT2D eigenvalue weighted by Gasteiger charge is 2.27. The second-order valence-electron chi connectivity index (χ2n) is 11.1. The third-order valence-electron chi connectivity index (χ3n) is 6.33. The normalized spacial score (nSPS) is 12.4. The highest BCUT2D eigenvalue weighted by Crippen LogP contribution is 2.35. The van der Waals surface area contributed by atoms with Crippen molar-refractivity contribution in [2.45, 2.75) is 33.9 Å². The average molecular weight is 551 g/mol. The van der Waals surface area contributed by atoms with Crippen LogP contribution in [0, 0.1) is 16.7 Å². The summed E-state index contributed by atoms with van der Waals surface area (Å²) >= 11 is 0. The maximum atomic E-state index is 12.6. The molecule has 0 fully saturated rings. The SMILES string of the molecule is CC(OC(=O)C(C)(C)C)n1cc(-c2cccc(C#N)c2)c2cc(-c3cncc(NC(=O)/C=C/CN(C)C)c3)cnc21. The van der Waals surface area contributed by atoms with Gasteiger partial charge in [0.1, 0.15) is 5.65 Å². The number of carbonyl (C=O) groups is 2. The first-order valence-electron chi connectivity index (χ1n) is 13.3. The molecule has 41 heavy (non-hydrogen) atoms. The smallest absolute Gasteiger partial charge is 0.313 e. The Hall–Kier alpha value is -4.81. The van der Waals surface area contributed by atoms with Crippen molar-refractivity contribution in [2.75, 3.05) is 26.0 Å². The van der Waals surface area contributed by atoms with Gasteiger partial charge in [-0.15, -0.1) is 0 Å². The number of likely N-dealkylation sites (N-methyl/N-ethyl adjacent to an activating group) is 1. The van der Waals surface area contributed by atoms with Gasteiger partial charge in [-0.05, 0) is 71.6 Å². The Labute approximate surface area is 240 Å². The fraction of sp³-hybridized carbons (Fsp3) is 0.281. The van der Waals surface area contributed by atoms with Crippen LogP contribution in [0.5, 0.6) is 0 Å². The summed E-state index contributed by atoms with van der Waals surface area (Å²) in [6.07, 6.45) is 9.60. The van der Waals surface area contributed by atoms with Crippen molar-refractivity contribution in [2.24, 2.45) is 5.41 Å². The van der Waals surface area contributed by atoms with Crippen LogP contribution in [-0.4, -0.2) is 52.0 Å². The first-order valence-corrected chi connectivity index (χ1v) is 13.3. The lowest BCUT2D eigenvalue weighted by Crippen LogP contribution is -2.26. The molecule has 0 spiro atoms. The summed E-state index contributed by atoms with van der Waals surface area (Å²) in [5.74, 6) is -0.562. The first-order chi connectivity index (χ1) is 19.5. The molecule has 3 heterocycles. The second kappa shape index (κ2) is 12.1. The number of nitriles is 1. The average Bonchev–Trinajstić information content (AvgIpc) is 3.31. The lowest BCUT2D eigenvalue weighted by Gasteiger charge is -2.22. The van der Waals surface area contributed by atoms with Crippen LogP contribution in [0.25, 0.3) is 33.3 Å². The Morgan fingerprint density at radius 2 is 1.88 bits per heavy atom. The molecule has 0 radical (unpaired) electrons. The van der Waals surface area contributed by atoms with Crippen molar-refractivity contribution in [3.05, 3.63) is 78.9 Å². The maximum Gasteiger partial charge on any atom is 0.313 e. The number of carbonyl (C=O) groups excluding carboxylic acids is 2. The summed E-state index contributed by atoms with van der Waals surface area (Å²) < 4.78 is 7.61. The quantitative estimate of drug-likeness (QED) is 0.218. The molecule has 0 aliphatic heterocycles. The van der Waals surface area contributed by atoms with Crippen LogP contribution in [0.1, 0.15) is 39.5 Å². The van der Waals surface area contributed by atoms with Crippen LogP contribution < -0.4 is 5.32 Å². The van der Waals surface area contributed by atoms with E-state index in [1.165, 1.54) is 6.08 Å². The topological polar surface area (TPSA) is 113 Å². The van der Waals surface area contributed by atoms with Gasteiger partial charge in [-0.2, -0.15) is 5.26 Å². The highest BCUT2D eigenvalue weighted by atomic mass is 16.6. The molecule has 4 rings (SSSR count). The number of rotatable bonds is 8. The summed E-state index contributed by atoms with van der Waals surface area (Å²) in [6, 6.07) is 13.4. The number of ether oxygens (including phenoxy) is 1. The number of anilines is 1. The lowest BCUT2D eigenvalue weighted by atomic mass is 9.97. The summed E-state index contributed by atoms with van der Waals surface area (Å²) in [5, 5.41) is 13.1. The molecule has 0 saturated carbocycles. The van der Waals surface area contributed by atoms with E-state index < -0.39 is 11.6 Å². The van der Waals surface area contributed by atoms with Crippen LogP contribution in [0.3, 0.4) is 0 Å². The van der Waals surface area contributed by atoms with Crippen molar-refractivity contribution < 1.29 is 14.3 Å². The van der Waals surface area contributed by atoms with Gasteiger partial charge in [0.2, 0.25) is 5.91 Å². The van der Waals surface area contributed by atoms with Gasteiger partial charge in [0.25, 0.3) is 0 Å². The minimum Gasteiger partial charge on any atom is -0.441 e. The molecule has 1 unspecified atom stereocenters. The molecule has 1 atom stereocenters. The van der Waals surface area contributed by atoms with E-state index in [1.807, 2.05) is 80.9 Å². The maximum absolute atomic E-state index is 12.6. The number of esters is 1. The van der Waals surface area contributed by atoms with Crippen molar-refractivity contribution in [3.8, 4) is 28.3 Å². The molecule has 0 saturated heterocycles. The van der Waals surface area contributed by atoms with E-state index in [2.05, 4.69) is 16.4 Å². The van der Waals surface area contributed by atoms with Crippen LogP contribution in [0.4, 0.5) is 5.69 Å². The molecule has 0 aliphatic rings. The van der Waals surface area contributed by atoms with Crippen molar-refractivity contribution >= 4 is 28.6 Å². The predicted molar refractivity (Wildman–Crippen MR) is 160 cm³/mol. The van der Waals surface area contributed by atoms with Crippen molar-refractivity contribution in [3.63, 3.8) is 0 Å². The standard InChI is InChI=1S/C32H34N6O3/c1-21(41-31(40)32(2,3)4)38-20-28(23-10-7-9-22(13-23)16-33)27-15-25(18-35-30(27)38)24-14-26(19-34-17-24)36-29(39)11-8-12-37(5)6/h7-11,13-15,17-21H,12H2,1-6H3,(H,36,39)/b11-8+. The molecule has 0 aliphatic carbocycles. The van der Waals surface area contributed by atoms with Gasteiger partial charge < -0.3 is 15.0 Å². The number of nitrogens with one attached hydrogen (secondary N) is 1. The molecule has 4 aromatic rings. The second-order valence-corrected chi connectivity index (χ2v) is 11.1. The largest absolute Gasteiger partial charge is 0.441 e. The zero-order valence-electron chi connectivity index (χ0n) is 24.2. The van der Waals surface area contributed by atoms with Gasteiger partial charge >= 0.3 is 5.97 Å². The number of pyridine rings is 2. The molecule has 1 amide bonds. The Morgan fingerprint density at radius 1 is 1.12 bits per heavy atom. The van der Waals surface area contributed by atoms with E-state index in [1.54, 1.807) is 37.7 Å². The number of nitrogens with zero attached hydrogens (tertiary/aromatic N) is 5. The molecule has 210 valence electrons. The van der Waals surface area contributed by atoms with Crippen LogP contribution in [0.15, 0.2) is 73.3 Å². The molecule has 9 heteroatoms. The van der Waals surface area contributed by atoms with Gasteiger partial charge in [-0.25, -0.2) is 4.98 Å². The molecule has 1 N–H and O–H groups in total. The molecule has 3 aromatic heterocycles. The zero-order valence-corrected chi connectivity index (χ0v) is 24.2. The molecule has 0 bridgehead atoms. The van der Waals surface area contributed by atoms with Gasteiger partial charge in [-0.1, -0.05) is 18.2 Å². The van der Waals surface area contributed by atoms with Gasteiger partial charge in [0.15, 0.2) is 6.23 Å². The number of hydrogen-bond acceptors (Lipinski definition) is 7. The highest BCUT2D eigenvalue weighted by molar-refractivity contribution is 6.00. The fourth-order valence-corrected chi connectivity index (χ4v) is 4.16. The minimum atomic E-state index is -0.655. The van der Waals surface area contributed by atoms with Crippen LogP contribution in [0.2, 0.25) is 0 Å². The molecule has 1 aromatic carbocycles. The summed E-state index contributed by atoms with van der Waals surface area (Å²) in [7, 11) is 3.86. The van der Waals surface area contributed by atoms with E-state index in [9.17, 15) is 14.9 Å². The third kappa shape index (κ3) is 7.04. The number of aromatic nitrogens is 3. The first kappa shape index (κ1) is 29.2. The number of amides is 1. The number of benzene rings is 1.